The summed E-state index contributed by atoms with van der Waals surface area (Å²) >= 11 is 0.307. The zero-order valence-corrected chi connectivity index (χ0v) is 25.6. The van der Waals surface area contributed by atoms with Crippen molar-refractivity contribution in [3.05, 3.63) is 54.2 Å². The van der Waals surface area contributed by atoms with E-state index >= 15 is 0 Å². The molecule has 194 valence electrons. The van der Waals surface area contributed by atoms with Gasteiger partial charge in [0.15, 0.2) is 0 Å². The summed E-state index contributed by atoms with van der Waals surface area (Å²) in [5.74, 6) is 1.01. The first kappa shape index (κ1) is 27.5. The summed E-state index contributed by atoms with van der Waals surface area (Å²) < 4.78 is 2.34. The van der Waals surface area contributed by atoms with Crippen LogP contribution in [0, 0.1) is 11.8 Å². The molecule has 4 rings (SSSR count). The van der Waals surface area contributed by atoms with Crippen LogP contribution < -0.4 is 0 Å². The Morgan fingerprint density at radius 1 is 0.694 bits per heavy atom. The van der Waals surface area contributed by atoms with Gasteiger partial charge in [0, 0.05) is 0 Å². The van der Waals surface area contributed by atoms with Crippen LogP contribution in [0.3, 0.4) is 0 Å². The SMILES string of the molecule is CCCCC(CC)CN1C(=O)C2=C(c3ccc[se]3)N(CC(CC)CCCC)C(=O)C2=C1c1ccc[se]1. The third-order valence-corrected chi connectivity index (χ3v) is 11.3. The van der Waals surface area contributed by atoms with E-state index in [0.717, 1.165) is 37.1 Å². The van der Waals surface area contributed by atoms with Crippen molar-refractivity contribution in [2.45, 2.75) is 79.1 Å². The summed E-state index contributed by atoms with van der Waals surface area (Å²) in [7, 11) is 0. The minimum atomic E-state index is 0.0506. The molecule has 4 heterocycles. The van der Waals surface area contributed by atoms with E-state index in [0.29, 0.717) is 36.1 Å². The summed E-state index contributed by atoms with van der Waals surface area (Å²) in [5, 5.41) is 0. The molecule has 0 fully saturated rings. The Morgan fingerprint density at radius 3 is 1.42 bits per heavy atom. The van der Waals surface area contributed by atoms with E-state index in [1.165, 1.54) is 34.6 Å². The van der Waals surface area contributed by atoms with Gasteiger partial charge in [0.05, 0.1) is 0 Å². The van der Waals surface area contributed by atoms with E-state index in [4.69, 9.17) is 0 Å². The Balaban J connectivity index is 1.81. The number of amides is 2. The first-order valence-electron chi connectivity index (χ1n) is 13.8. The van der Waals surface area contributed by atoms with Crippen LogP contribution in [0.1, 0.15) is 87.9 Å². The van der Waals surface area contributed by atoms with E-state index in [-0.39, 0.29) is 40.8 Å². The molecule has 0 saturated carbocycles. The van der Waals surface area contributed by atoms with Crippen LogP contribution in [-0.4, -0.2) is 63.7 Å². The normalized spacial score (nSPS) is 17.6. The molecule has 0 aliphatic carbocycles. The molecule has 0 aromatic carbocycles. The molecule has 0 bridgehead atoms. The van der Waals surface area contributed by atoms with Gasteiger partial charge in [-0.3, -0.25) is 0 Å². The molecule has 2 aliphatic heterocycles. The Kier molecular flexibility index (Phi) is 9.75. The second-order valence-corrected chi connectivity index (χ2v) is 14.0. The maximum absolute atomic E-state index is 14.2. The van der Waals surface area contributed by atoms with Crippen molar-refractivity contribution in [3.63, 3.8) is 0 Å². The van der Waals surface area contributed by atoms with Crippen LogP contribution in [-0.2, 0) is 9.59 Å². The van der Waals surface area contributed by atoms with Gasteiger partial charge in [-0.05, 0) is 0 Å². The molecule has 0 N–H and O–H groups in total. The van der Waals surface area contributed by atoms with Crippen molar-refractivity contribution >= 4 is 52.2 Å². The standard InChI is InChI=1S/C30H40N2O2Se2/c1-5-9-13-21(7-3)19-31-27(23-15-11-17-35-23)25-26(29(31)33)28(24-16-12-18-36-24)32(30(25)34)20-22(8-4)14-10-6-2/h11-12,15-18,21-22H,5-10,13-14,19-20H2,1-4H3. The number of fused-ring (bicyclic) bond motifs is 1. The number of rotatable bonds is 14. The number of carbonyl (C=O) groups excluding carboxylic acids is 2. The summed E-state index contributed by atoms with van der Waals surface area (Å²) in [5.41, 5.74) is 3.21. The molecule has 2 aromatic rings. The van der Waals surface area contributed by atoms with Gasteiger partial charge in [0.1, 0.15) is 0 Å². The summed E-state index contributed by atoms with van der Waals surface area (Å²) in [6, 6.07) is 8.43. The van der Waals surface area contributed by atoms with E-state index in [9.17, 15) is 9.59 Å². The first-order chi connectivity index (χ1) is 17.5. The van der Waals surface area contributed by atoms with E-state index in [1.807, 2.05) is 9.80 Å². The van der Waals surface area contributed by atoms with Crippen molar-refractivity contribution in [3.8, 4) is 0 Å². The van der Waals surface area contributed by atoms with Gasteiger partial charge in [0.2, 0.25) is 0 Å². The van der Waals surface area contributed by atoms with Gasteiger partial charge in [-0.15, -0.1) is 0 Å². The molecule has 36 heavy (non-hydrogen) atoms. The summed E-state index contributed by atoms with van der Waals surface area (Å²) in [6.07, 6.45) is 9.04. The third-order valence-electron chi connectivity index (χ3n) is 7.66. The quantitative estimate of drug-likeness (QED) is 0.243. The summed E-state index contributed by atoms with van der Waals surface area (Å²) in [4.78, 5) is 36.8. The van der Waals surface area contributed by atoms with Gasteiger partial charge in [-0.1, -0.05) is 0 Å². The molecule has 0 saturated heterocycles. The number of carbonyl (C=O) groups is 2. The van der Waals surface area contributed by atoms with Gasteiger partial charge in [-0.2, -0.15) is 0 Å². The Morgan fingerprint density at radius 2 is 1.11 bits per heavy atom. The van der Waals surface area contributed by atoms with Crippen LogP contribution in [0.15, 0.2) is 45.3 Å². The molecule has 0 radical (unpaired) electrons. The van der Waals surface area contributed by atoms with E-state index in [2.05, 4.69) is 61.8 Å². The van der Waals surface area contributed by atoms with E-state index < -0.39 is 0 Å². The third kappa shape index (κ3) is 5.48. The molecule has 2 aromatic heterocycles. The second kappa shape index (κ2) is 12.8. The second-order valence-electron chi connectivity index (χ2n) is 10.1. The Labute approximate surface area is 228 Å². The van der Waals surface area contributed by atoms with Gasteiger partial charge in [0.25, 0.3) is 0 Å². The fraction of sp³-hybridized carbons (Fsp3) is 0.533. The van der Waals surface area contributed by atoms with Crippen LogP contribution in [0.4, 0.5) is 0 Å². The number of hydrogen-bond donors (Lipinski definition) is 0. The van der Waals surface area contributed by atoms with Gasteiger partial charge < -0.3 is 0 Å². The van der Waals surface area contributed by atoms with Crippen molar-refractivity contribution in [2.75, 3.05) is 13.1 Å². The molecule has 4 nitrogen and oxygen atoms in total. The topological polar surface area (TPSA) is 40.6 Å². The average Bonchev–Trinajstić information content (AvgIpc) is 3.68. The maximum atomic E-state index is 14.2. The van der Waals surface area contributed by atoms with Gasteiger partial charge >= 0.3 is 230 Å². The van der Waals surface area contributed by atoms with Crippen molar-refractivity contribution in [1.29, 1.82) is 0 Å². The molecular weight excluding hydrogens is 578 g/mol. The minimum absolute atomic E-state index is 0.0506. The van der Waals surface area contributed by atoms with Crippen molar-refractivity contribution < 1.29 is 9.59 Å². The zero-order valence-electron chi connectivity index (χ0n) is 22.2. The number of nitrogens with zero attached hydrogens (tertiary/aromatic N) is 2. The Bertz CT molecular complexity index is 1010. The fourth-order valence-corrected chi connectivity index (χ4v) is 8.73. The zero-order chi connectivity index (χ0) is 25.7. The predicted molar refractivity (Wildman–Crippen MR) is 151 cm³/mol. The van der Waals surface area contributed by atoms with Gasteiger partial charge in [-0.25, -0.2) is 0 Å². The summed E-state index contributed by atoms with van der Waals surface area (Å²) in [6.45, 7) is 10.3. The molecule has 2 aliphatic rings. The van der Waals surface area contributed by atoms with Crippen molar-refractivity contribution in [1.82, 2.24) is 9.80 Å². The number of unbranched alkanes of at least 4 members (excludes halogenated alkanes) is 2. The molecule has 0 spiro atoms. The van der Waals surface area contributed by atoms with E-state index in [1.54, 1.807) is 0 Å². The molecule has 2 amide bonds. The average molecular weight is 619 g/mol. The molecular formula is C30H40N2O2Se2. The predicted octanol–water partition coefficient (Wildman–Crippen LogP) is 6.04. The molecule has 2 unspecified atom stereocenters. The van der Waals surface area contributed by atoms with Crippen LogP contribution in [0.5, 0.6) is 0 Å². The first-order valence-corrected chi connectivity index (χ1v) is 17.4. The van der Waals surface area contributed by atoms with Crippen molar-refractivity contribution in [2.24, 2.45) is 11.8 Å². The monoisotopic (exact) mass is 620 g/mol. The Hall–Kier alpha value is -1.58. The number of hydrogen-bond acceptors (Lipinski definition) is 2. The fourth-order valence-electron chi connectivity index (χ4n) is 5.43. The molecule has 6 heteroatoms. The van der Waals surface area contributed by atoms with Crippen LogP contribution in [0.25, 0.3) is 11.4 Å². The molecule has 2 atom stereocenters. The van der Waals surface area contributed by atoms with Crippen LogP contribution >= 0.6 is 0 Å². The van der Waals surface area contributed by atoms with Crippen LogP contribution in [0.2, 0.25) is 0 Å².